The molecule has 4 heteroatoms. The van der Waals surface area contributed by atoms with E-state index in [1.165, 1.54) is 5.56 Å². The van der Waals surface area contributed by atoms with Crippen LogP contribution in [0.3, 0.4) is 0 Å². The summed E-state index contributed by atoms with van der Waals surface area (Å²) in [6, 6.07) is 15.6. The number of H-pyrrole nitrogens is 1. The average molecular weight is 277 g/mol. The number of nitrogens with zero attached hydrogens (tertiary/aromatic N) is 1. The Hall–Kier alpha value is -2.75. The first kappa shape index (κ1) is 12.0. The predicted molar refractivity (Wildman–Crippen MR) is 84.5 cm³/mol. The van der Waals surface area contributed by atoms with Crippen LogP contribution in [0.5, 0.6) is 0 Å². The lowest BCUT2D eigenvalue weighted by Gasteiger charge is -2.16. The Morgan fingerprint density at radius 1 is 1.14 bits per heavy atom. The van der Waals surface area contributed by atoms with Gasteiger partial charge in [0.1, 0.15) is 5.69 Å². The molecular weight excluding hydrogens is 262 g/mol. The van der Waals surface area contributed by atoms with Gasteiger partial charge in [-0.3, -0.25) is 4.79 Å². The molecule has 0 bridgehead atoms. The maximum absolute atomic E-state index is 12.7. The first-order valence-corrected chi connectivity index (χ1v) is 7.01. The van der Waals surface area contributed by atoms with Gasteiger partial charge < -0.3 is 15.6 Å². The summed E-state index contributed by atoms with van der Waals surface area (Å²) in [5.74, 6) is -0.00412. The molecular formula is C17H15N3O. The summed E-state index contributed by atoms with van der Waals surface area (Å²) in [6.07, 6.45) is 0.907. The molecule has 4 rings (SSSR count). The van der Waals surface area contributed by atoms with Crippen LogP contribution < -0.4 is 10.6 Å². The lowest BCUT2D eigenvalue weighted by molar-refractivity contribution is 0.0985. The van der Waals surface area contributed by atoms with Gasteiger partial charge in [0.05, 0.1) is 11.2 Å². The molecule has 0 saturated carbocycles. The number of aromatic amines is 1. The number of amides is 1. The molecule has 0 radical (unpaired) electrons. The minimum Gasteiger partial charge on any atom is -0.397 e. The second kappa shape index (κ2) is 4.38. The minimum absolute atomic E-state index is 0.00412. The standard InChI is InChI=1S/C17H15N3O/c18-13-6-3-5-12-10-14(19-16(12)13)17(21)20-9-8-11-4-1-2-7-15(11)20/h1-7,10,19H,8-9,18H2. The lowest BCUT2D eigenvalue weighted by atomic mass is 10.2. The van der Waals surface area contributed by atoms with E-state index in [-0.39, 0.29) is 5.91 Å². The number of fused-ring (bicyclic) bond motifs is 2. The van der Waals surface area contributed by atoms with Gasteiger partial charge in [0, 0.05) is 17.6 Å². The number of para-hydroxylation sites is 2. The summed E-state index contributed by atoms with van der Waals surface area (Å²) in [6.45, 7) is 0.725. The van der Waals surface area contributed by atoms with Gasteiger partial charge in [0.15, 0.2) is 0 Å². The molecule has 3 N–H and O–H groups in total. The molecule has 3 aromatic rings. The molecule has 4 nitrogen and oxygen atoms in total. The van der Waals surface area contributed by atoms with Gasteiger partial charge in [0.2, 0.25) is 0 Å². The van der Waals surface area contributed by atoms with Gasteiger partial charge in [-0.2, -0.15) is 0 Å². The number of hydrogen-bond acceptors (Lipinski definition) is 2. The lowest BCUT2D eigenvalue weighted by Crippen LogP contribution is -2.29. The fraction of sp³-hybridized carbons (Fsp3) is 0.118. The van der Waals surface area contributed by atoms with Crippen LogP contribution in [0.15, 0.2) is 48.5 Å². The quantitative estimate of drug-likeness (QED) is 0.672. The van der Waals surface area contributed by atoms with Crippen LogP contribution in [0.4, 0.5) is 11.4 Å². The molecule has 0 unspecified atom stereocenters. The van der Waals surface area contributed by atoms with Crippen LogP contribution in [0, 0.1) is 0 Å². The highest BCUT2D eigenvalue weighted by Crippen LogP contribution is 2.30. The van der Waals surface area contributed by atoms with Crippen molar-refractivity contribution in [1.29, 1.82) is 0 Å². The van der Waals surface area contributed by atoms with Gasteiger partial charge in [0.25, 0.3) is 5.91 Å². The van der Waals surface area contributed by atoms with Crippen molar-refractivity contribution in [3.63, 3.8) is 0 Å². The smallest absolute Gasteiger partial charge is 0.274 e. The van der Waals surface area contributed by atoms with Crippen molar-refractivity contribution < 1.29 is 4.79 Å². The van der Waals surface area contributed by atoms with E-state index >= 15 is 0 Å². The predicted octanol–water partition coefficient (Wildman–Crippen LogP) is 2.95. The minimum atomic E-state index is -0.00412. The highest BCUT2D eigenvalue weighted by molar-refractivity contribution is 6.09. The summed E-state index contributed by atoms with van der Waals surface area (Å²) in [4.78, 5) is 17.7. The second-order valence-electron chi connectivity index (χ2n) is 5.33. The van der Waals surface area contributed by atoms with Crippen molar-refractivity contribution in [2.45, 2.75) is 6.42 Å². The molecule has 104 valence electrons. The van der Waals surface area contributed by atoms with Crippen LogP contribution in [0.25, 0.3) is 10.9 Å². The topological polar surface area (TPSA) is 62.1 Å². The number of nitrogens with two attached hydrogens (primary N) is 1. The molecule has 0 fully saturated rings. The Morgan fingerprint density at radius 3 is 2.86 bits per heavy atom. The molecule has 0 atom stereocenters. The van der Waals surface area contributed by atoms with Gasteiger partial charge >= 0.3 is 0 Å². The number of aromatic nitrogens is 1. The number of nitrogens with one attached hydrogen (secondary N) is 1. The molecule has 0 spiro atoms. The van der Waals surface area contributed by atoms with Crippen LogP contribution >= 0.6 is 0 Å². The van der Waals surface area contributed by atoms with E-state index in [0.717, 1.165) is 29.6 Å². The molecule has 1 amide bonds. The molecule has 21 heavy (non-hydrogen) atoms. The van der Waals surface area contributed by atoms with Crippen LogP contribution in [0.2, 0.25) is 0 Å². The molecule has 0 saturated heterocycles. The van der Waals surface area contributed by atoms with E-state index in [9.17, 15) is 4.79 Å². The maximum atomic E-state index is 12.7. The highest BCUT2D eigenvalue weighted by Gasteiger charge is 2.26. The van der Waals surface area contributed by atoms with E-state index in [0.29, 0.717) is 11.4 Å². The molecule has 2 heterocycles. The first-order chi connectivity index (χ1) is 10.2. The monoisotopic (exact) mass is 277 g/mol. The summed E-state index contributed by atoms with van der Waals surface area (Å²) in [5, 5.41) is 0.964. The van der Waals surface area contributed by atoms with Gasteiger partial charge in [-0.25, -0.2) is 0 Å². The number of carbonyl (C=O) groups is 1. The average Bonchev–Trinajstić information content (AvgIpc) is 3.11. The zero-order valence-corrected chi connectivity index (χ0v) is 11.5. The van der Waals surface area contributed by atoms with Crippen molar-refractivity contribution in [2.24, 2.45) is 0 Å². The number of hydrogen-bond donors (Lipinski definition) is 2. The van der Waals surface area contributed by atoms with E-state index in [1.54, 1.807) is 0 Å². The van der Waals surface area contributed by atoms with Crippen LogP contribution in [-0.2, 0) is 6.42 Å². The van der Waals surface area contributed by atoms with Crippen LogP contribution in [0.1, 0.15) is 16.1 Å². The fourth-order valence-corrected chi connectivity index (χ4v) is 2.99. The van der Waals surface area contributed by atoms with Crippen molar-refractivity contribution in [3.05, 3.63) is 59.8 Å². The third kappa shape index (κ3) is 1.80. The van der Waals surface area contributed by atoms with Crippen molar-refractivity contribution in [2.75, 3.05) is 17.2 Å². The normalized spacial score (nSPS) is 13.6. The number of rotatable bonds is 1. The SMILES string of the molecule is Nc1cccc2cc(C(=O)N3CCc4ccccc43)[nH]c12. The zero-order valence-electron chi connectivity index (χ0n) is 11.5. The Balaban J connectivity index is 1.76. The fourth-order valence-electron chi connectivity index (χ4n) is 2.99. The molecule has 1 aliphatic rings. The summed E-state index contributed by atoms with van der Waals surface area (Å²) in [7, 11) is 0. The van der Waals surface area contributed by atoms with Crippen molar-refractivity contribution in [1.82, 2.24) is 4.98 Å². The summed E-state index contributed by atoms with van der Waals surface area (Å²) >= 11 is 0. The van der Waals surface area contributed by atoms with Gasteiger partial charge in [-0.05, 0) is 30.2 Å². The molecule has 2 aromatic carbocycles. The van der Waals surface area contributed by atoms with E-state index in [1.807, 2.05) is 47.4 Å². The van der Waals surface area contributed by atoms with Gasteiger partial charge in [-0.15, -0.1) is 0 Å². The largest absolute Gasteiger partial charge is 0.397 e. The third-order valence-corrected chi connectivity index (χ3v) is 4.05. The van der Waals surface area contributed by atoms with Crippen LogP contribution in [-0.4, -0.2) is 17.4 Å². The van der Waals surface area contributed by atoms with Crippen molar-refractivity contribution in [3.8, 4) is 0 Å². The Kier molecular flexibility index (Phi) is 2.51. The Labute approximate surface area is 122 Å². The van der Waals surface area contributed by atoms with E-state index in [4.69, 9.17) is 5.73 Å². The van der Waals surface area contributed by atoms with E-state index in [2.05, 4.69) is 11.1 Å². The van der Waals surface area contributed by atoms with Crippen molar-refractivity contribution >= 4 is 28.2 Å². The Bertz CT molecular complexity index is 850. The zero-order chi connectivity index (χ0) is 14.4. The molecule has 0 aliphatic carbocycles. The first-order valence-electron chi connectivity index (χ1n) is 7.01. The molecule has 1 aliphatic heterocycles. The number of benzene rings is 2. The number of nitrogen functional groups attached to an aromatic ring is 1. The number of carbonyl (C=O) groups excluding carboxylic acids is 1. The maximum Gasteiger partial charge on any atom is 0.274 e. The summed E-state index contributed by atoms with van der Waals surface area (Å²) < 4.78 is 0. The molecule has 1 aromatic heterocycles. The highest BCUT2D eigenvalue weighted by atomic mass is 16.2. The van der Waals surface area contributed by atoms with Gasteiger partial charge in [-0.1, -0.05) is 30.3 Å². The van der Waals surface area contributed by atoms with E-state index < -0.39 is 0 Å². The second-order valence-corrected chi connectivity index (χ2v) is 5.33. The Morgan fingerprint density at radius 2 is 2.00 bits per heavy atom. The summed E-state index contributed by atoms with van der Waals surface area (Å²) in [5.41, 5.74) is 10.2. The third-order valence-electron chi connectivity index (χ3n) is 4.05. The number of anilines is 2.